The Bertz CT molecular complexity index is 530. The summed E-state index contributed by atoms with van der Waals surface area (Å²) < 4.78 is 5.59. The average Bonchev–Trinajstić information content (AvgIpc) is 2.82. The molecule has 1 aromatic carbocycles. The summed E-state index contributed by atoms with van der Waals surface area (Å²) in [5.41, 5.74) is 1.74. The Morgan fingerprint density at radius 2 is 1.84 bits per heavy atom. The zero-order chi connectivity index (χ0) is 13.1. The zero-order valence-electron chi connectivity index (χ0n) is 10.7. The monoisotopic (exact) mass is 272 g/mol. The molecule has 1 fully saturated rings. The third-order valence-electron chi connectivity index (χ3n) is 3.34. The molecule has 1 aromatic rings. The van der Waals surface area contributed by atoms with E-state index in [0.29, 0.717) is 10.9 Å². The number of benzene rings is 1. The number of aliphatic imine (C=N–C) groups is 1. The Labute approximate surface area is 118 Å². The molecule has 4 heteroatoms. The number of hydrogen-bond donors (Lipinski definition) is 0. The molecule has 98 valence electrons. The first-order valence-corrected chi connectivity index (χ1v) is 7.06. The molecule has 2 aliphatic heterocycles. The van der Waals surface area contributed by atoms with Gasteiger partial charge in [-0.3, -0.25) is 0 Å². The van der Waals surface area contributed by atoms with Crippen LogP contribution in [0.1, 0.15) is 24.8 Å². The van der Waals surface area contributed by atoms with E-state index < -0.39 is 0 Å². The van der Waals surface area contributed by atoms with Crippen molar-refractivity contribution in [2.24, 2.45) is 4.99 Å². The first kappa shape index (κ1) is 12.4. The maximum absolute atomic E-state index is 5.59. The van der Waals surface area contributed by atoms with E-state index in [0.717, 1.165) is 24.4 Å². The van der Waals surface area contributed by atoms with Gasteiger partial charge in [-0.25, -0.2) is 4.99 Å². The van der Waals surface area contributed by atoms with Gasteiger partial charge in [-0.05, 0) is 43.6 Å². The van der Waals surface area contributed by atoms with Crippen LogP contribution in [0.5, 0.6) is 0 Å². The standard InChI is InChI=1S/C15H16N2OS/c19-15-13(11-17-9-5-2-6-10-17)16-14(18-15)12-7-3-1-4-8-12/h1,3-4,7-8,11H,2,5-6,9-10H2. The minimum Gasteiger partial charge on any atom is -0.424 e. The second-order valence-electron chi connectivity index (χ2n) is 4.78. The van der Waals surface area contributed by atoms with Crippen LogP contribution in [-0.2, 0) is 4.74 Å². The van der Waals surface area contributed by atoms with Crippen molar-refractivity contribution in [1.29, 1.82) is 0 Å². The molecule has 0 spiro atoms. The first-order valence-electron chi connectivity index (χ1n) is 6.65. The van der Waals surface area contributed by atoms with Gasteiger partial charge in [-0.15, -0.1) is 0 Å². The zero-order valence-corrected chi connectivity index (χ0v) is 11.5. The smallest absolute Gasteiger partial charge is 0.228 e. The molecule has 2 aliphatic rings. The highest BCUT2D eigenvalue weighted by molar-refractivity contribution is 7.80. The summed E-state index contributed by atoms with van der Waals surface area (Å²) in [7, 11) is 0. The van der Waals surface area contributed by atoms with Crippen molar-refractivity contribution in [3.63, 3.8) is 0 Å². The van der Waals surface area contributed by atoms with E-state index in [9.17, 15) is 0 Å². The van der Waals surface area contributed by atoms with Crippen LogP contribution in [0.3, 0.4) is 0 Å². The van der Waals surface area contributed by atoms with Gasteiger partial charge in [0.1, 0.15) is 5.70 Å². The molecule has 0 aromatic heterocycles. The maximum atomic E-state index is 5.59. The normalized spacial score (nSPS) is 21.5. The van der Waals surface area contributed by atoms with Crippen LogP contribution in [0.4, 0.5) is 0 Å². The number of hydrogen-bond acceptors (Lipinski definition) is 4. The summed E-state index contributed by atoms with van der Waals surface area (Å²) in [6.45, 7) is 2.17. The van der Waals surface area contributed by atoms with Crippen molar-refractivity contribution < 1.29 is 4.74 Å². The van der Waals surface area contributed by atoms with Gasteiger partial charge in [-0.2, -0.15) is 0 Å². The van der Waals surface area contributed by atoms with Crippen molar-refractivity contribution in [2.75, 3.05) is 13.1 Å². The number of nitrogens with zero attached hydrogens (tertiary/aromatic N) is 2. The summed E-state index contributed by atoms with van der Waals surface area (Å²) in [6.07, 6.45) is 5.84. The largest absolute Gasteiger partial charge is 0.424 e. The summed E-state index contributed by atoms with van der Waals surface area (Å²) >= 11 is 5.25. The minimum atomic E-state index is 0.476. The van der Waals surface area contributed by atoms with Gasteiger partial charge in [0.05, 0.1) is 0 Å². The van der Waals surface area contributed by atoms with Crippen LogP contribution in [0.25, 0.3) is 0 Å². The lowest BCUT2D eigenvalue weighted by molar-refractivity contribution is 0.308. The Balaban J connectivity index is 1.81. The lowest BCUT2D eigenvalue weighted by Gasteiger charge is -2.24. The summed E-state index contributed by atoms with van der Waals surface area (Å²) in [5.74, 6) is 0.605. The molecule has 0 radical (unpaired) electrons. The van der Waals surface area contributed by atoms with Crippen molar-refractivity contribution in [3.05, 3.63) is 47.8 Å². The topological polar surface area (TPSA) is 24.8 Å². The quantitative estimate of drug-likeness (QED) is 0.611. The average molecular weight is 272 g/mol. The van der Waals surface area contributed by atoms with Gasteiger partial charge in [0.25, 0.3) is 0 Å². The molecular formula is C15H16N2OS. The molecule has 2 heterocycles. The summed E-state index contributed by atoms with van der Waals surface area (Å²) in [6, 6.07) is 9.87. The van der Waals surface area contributed by atoms with Gasteiger partial charge < -0.3 is 9.64 Å². The van der Waals surface area contributed by atoms with Crippen LogP contribution in [0, 0.1) is 0 Å². The molecule has 0 aliphatic carbocycles. The number of rotatable bonds is 2. The number of ether oxygens (including phenoxy) is 1. The molecule has 3 rings (SSSR count). The molecule has 3 nitrogen and oxygen atoms in total. The lowest BCUT2D eigenvalue weighted by Crippen LogP contribution is -2.25. The molecule has 0 amide bonds. The predicted molar refractivity (Wildman–Crippen MR) is 80.2 cm³/mol. The van der Waals surface area contributed by atoms with Crippen molar-refractivity contribution >= 4 is 23.2 Å². The molecular weight excluding hydrogens is 256 g/mol. The van der Waals surface area contributed by atoms with E-state index in [1.54, 1.807) is 0 Å². The highest BCUT2D eigenvalue weighted by Gasteiger charge is 2.21. The van der Waals surface area contributed by atoms with Gasteiger partial charge in [0, 0.05) is 24.9 Å². The first-order chi connectivity index (χ1) is 9.33. The summed E-state index contributed by atoms with van der Waals surface area (Å²) in [5, 5.41) is 0.476. The van der Waals surface area contributed by atoms with Gasteiger partial charge >= 0.3 is 0 Å². The highest BCUT2D eigenvalue weighted by atomic mass is 32.1. The third-order valence-corrected chi connectivity index (χ3v) is 3.63. The number of likely N-dealkylation sites (tertiary alicyclic amines) is 1. The molecule has 1 saturated heterocycles. The van der Waals surface area contributed by atoms with Gasteiger partial charge in [0.2, 0.25) is 10.9 Å². The fraction of sp³-hybridized carbons (Fsp3) is 0.333. The Hall–Kier alpha value is -1.68. The van der Waals surface area contributed by atoms with Crippen molar-refractivity contribution in [2.45, 2.75) is 19.3 Å². The SMILES string of the molecule is S=C1OC(c2ccccc2)=NC1=CN1CCCCC1. The fourth-order valence-corrected chi connectivity index (χ4v) is 2.50. The second kappa shape index (κ2) is 5.53. The molecule has 0 saturated carbocycles. The second-order valence-corrected chi connectivity index (χ2v) is 5.15. The van der Waals surface area contributed by atoms with E-state index in [1.165, 1.54) is 19.3 Å². The van der Waals surface area contributed by atoms with Crippen LogP contribution in [0.2, 0.25) is 0 Å². The number of piperidine rings is 1. The van der Waals surface area contributed by atoms with Crippen LogP contribution in [-0.4, -0.2) is 28.9 Å². The molecule has 0 bridgehead atoms. The minimum absolute atomic E-state index is 0.476. The van der Waals surface area contributed by atoms with E-state index in [-0.39, 0.29) is 0 Å². The van der Waals surface area contributed by atoms with E-state index in [1.807, 2.05) is 36.5 Å². The Morgan fingerprint density at radius 1 is 1.11 bits per heavy atom. The van der Waals surface area contributed by atoms with Crippen LogP contribution >= 0.6 is 12.2 Å². The van der Waals surface area contributed by atoms with Crippen molar-refractivity contribution in [1.82, 2.24) is 4.90 Å². The van der Waals surface area contributed by atoms with E-state index in [2.05, 4.69) is 9.89 Å². The van der Waals surface area contributed by atoms with Crippen LogP contribution < -0.4 is 0 Å². The number of thiocarbonyl (C=S) groups is 1. The van der Waals surface area contributed by atoms with E-state index in [4.69, 9.17) is 17.0 Å². The molecule has 19 heavy (non-hydrogen) atoms. The van der Waals surface area contributed by atoms with Gasteiger partial charge in [-0.1, -0.05) is 18.2 Å². The lowest BCUT2D eigenvalue weighted by atomic mass is 10.1. The molecule has 0 N–H and O–H groups in total. The molecule has 0 atom stereocenters. The van der Waals surface area contributed by atoms with Gasteiger partial charge in [0.15, 0.2) is 0 Å². The molecule has 0 unspecified atom stereocenters. The predicted octanol–water partition coefficient (Wildman–Crippen LogP) is 3.12. The van der Waals surface area contributed by atoms with Crippen LogP contribution in [0.15, 0.2) is 47.2 Å². The third kappa shape index (κ3) is 2.84. The Kier molecular flexibility index (Phi) is 3.60. The highest BCUT2D eigenvalue weighted by Crippen LogP contribution is 2.19. The maximum Gasteiger partial charge on any atom is 0.228 e. The van der Waals surface area contributed by atoms with Crippen molar-refractivity contribution in [3.8, 4) is 0 Å². The van der Waals surface area contributed by atoms with E-state index >= 15 is 0 Å². The Morgan fingerprint density at radius 3 is 2.58 bits per heavy atom. The summed E-state index contributed by atoms with van der Waals surface area (Å²) in [4.78, 5) is 6.79. The fourth-order valence-electron chi connectivity index (χ4n) is 2.32.